The highest BCUT2D eigenvalue weighted by atomic mass is 32.2. The normalized spacial score (nSPS) is 12.1. The Kier molecular flexibility index (Phi) is 8.47. The van der Waals surface area contributed by atoms with Crippen LogP contribution in [0.1, 0.15) is 49.2 Å². The smallest absolute Gasteiger partial charge is 0.252 e. The second kappa shape index (κ2) is 11.2. The number of carbonyl (C=O) groups excluding carboxylic acids is 1. The van der Waals surface area contributed by atoms with E-state index in [2.05, 4.69) is 29.0 Å². The van der Waals surface area contributed by atoms with Crippen LogP contribution < -0.4 is 10.9 Å². The van der Waals surface area contributed by atoms with Crippen LogP contribution in [0, 0.1) is 0 Å². The molecule has 0 spiro atoms. The summed E-state index contributed by atoms with van der Waals surface area (Å²) in [6.07, 6.45) is 0. The third-order valence-corrected chi connectivity index (χ3v) is 8.31. The van der Waals surface area contributed by atoms with Crippen LogP contribution in [0.15, 0.2) is 58.2 Å². The number of benzene rings is 2. The molecule has 188 valence electrons. The monoisotopic (exact) mass is 498 g/mol. The van der Waals surface area contributed by atoms with Crippen molar-refractivity contribution >= 4 is 26.8 Å². The summed E-state index contributed by atoms with van der Waals surface area (Å²) in [4.78, 5) is 30.4. The molecule has 0 radical (unpaired) electrons. The van der Waals surface area contributed by atoms with E-state index in [4.69, 9.17) is 0 Å². The quantitative estimate of drug-likeness (QED) is 0.446. The minimum Gasteiger partial charge on any atom is -0.348 e. The van der Waals surface area contributed by atoms with E-state index in [0.717, 1.165) is 17.7 Å². The molecular weight excluding hydrogens is 464 g/mol. The van der Waals surface area contributed by atoms with E-state index in [0.29, 0.717) is 30.0 Å². The highest BCUT2D eigenvalue weighted by Gasteiger charge is 2.23. The van der Waals surface area contributed by atoms with Crippen LogP contribution in [0.2, 0.25) is 0 Å². The van der Waals surface area contributed by atoms with Gasteiger partial charge < -0.3 is 10.3 Å². The van der Waals surface area contributed by atoms with Crippen LogP contribution in [0.5, 0.6) is 0 Å². The summed E-state index contributed by atoms with van der Waals surface area (Å²) in [5, 5.41) is 3.29. The maximum Gasteiger partial charge on any atom is 0.252 e. The van der Waals surface area contributed by atoms with Gasteiger partial charge in [0, 0.05) is 49.2 Å². The minimum absolute atomic E-state index is 0.0804. The number of fused-ring (bicyclic) bond motifs is 1. The van der Waals surface area contributed by atoms with Crippen molar-refractivity contribution in [2.24, 2.45) is 0 Å². The molecule has 8 nitrogen and oxygen atoms in total. The van der Waals surface area contributed by atoms with Crippen molar-refractivity contribution in [1.29, 1.82) is 0 Å². The van der Waals surface area contributed by atoms with Crippen molar-refractivity contribution in [3.8, 4) is 0 Å². The molecule has 1 aromatic heterocycles. The van der Waals surface area contributed by atoms with Gasteiger partial charge in [-0.2, -0.15) is 4.31 Å². The molecule has 0 atom stereocenters. The molecule has 9 heteroatoms. The van der Waals surface area contributed by atoms with Gasteiger partial charge in [-0.15, -0.1) is 0 Å². The maximum atomic E-state index is 13.2. The minimum atomic E-state index is -3.72. The molecule has 35 heavy (non-hydrogen) atoms. The van der Waals surface area contributed by atoms with E-state index < -0.39 is 21.5 Å². The molecule has 0 unspecified atom stereocenters. The van der Waals surface area contributed by atoms with Crippen LogP contribution in [-0.2, 0) is 23.1 Å². The van der Waals surface area contributed by atoms with Crippen LogP contribution in [0.4, 0.5) is 0 Å². The SMILES string of the molecule is CCN(CC)S(=O)(=O)c1ccc2[nH]c(=O)cc(C(=O)NCc3ccccc3CN(C)C(C)C)c2c1. The van der Waals surface area contributed by atoms with Crippen LogP contribution >= 0.6 is 0 Å². The lowest BCUT2D eigenvalue weighted by Gasteiger charge is -2.22. The van der Waals surface area contributed by atoms with Gasteiger partial charge in [-0.3, -0.25) is 14.5 Å². The Morgan fingerprint density at radius 1 is 1.03 bits per heavy atom. The number of H-pyrrole nitrogens is 1. The van der Waals surface area contributed by atoms with Gasteiger partial charge in [0.15, 0.2) is 0 Å². The van der Waals surface area contributed by atoms with Crippen LogP contribution in [0.25, 0.3) is 10.9 Å². The Morgan fingerprint density at radius 2 is 1.69 bits per heavy atom. The van der Waals surface area contributed by atoms with E-state index in [1.807, 2.05) is 31.3 Å². The zero-order valence-corrected chi connectivity index (χ0v) is 21.8. The Balaban J connectivity index is 1.94. The molecule has 0 fully saturated rings. The molecule has 2 aromatic carbocycles. The van der Waals surface area contributed by atoms with Crippen molar-refractivity contribution < 1.29 is 13.2 Å². The van der Waals surface area contributed by atoms with Crippen LogP contribution in [0.3, 0.4) is 0 Å². The molecule has 0 saturated heterocycles. The second-order valence-corrected chi connectivity index (χ2v) is 10.7. The van der Waals surface area contributed by atoms with Crippen molar-refractivity contribution in [1.82, 2.24) is 19.5 Å². The first-order valence-electron chi connectivity index (χ1n) is 11.8. The van der Waals surface area contributed by atoms with E-state index in [-0.39, 0.29) is 17.0 Å². The Labute approximate surface area is 207 Å². The van der Waals surface area contributed by atoms with E-state index in [1.54, 1.807) is 13.8 Å². The first-order valence-corrected chi connectivity index (χ1v) is 13.2. The number of nitrogens with one attached hydrogen (secondary N) is 2. The van der Waals surface area contributed by atoms with E-state index >= 15 is 0 Å². The predicted molar refractivity (Wildman–Crippen MR) is 139 cm³/mol. The molecule has 2 N–H and O–H groups in total. The van der Waals surface area contributed by atoms with Crippen molar-refractivity contribution in [2.45, 2.75) is 51.7 Å². The number of pyridine rings is 1. The van der Waals surface area contributed by atoms with Gasteiger partial charge >= 0.3 is 0 Å². The lowest BCUT2D eigenvalue weighted by molar-refractivity contribution is 0.0952. The summed E-state index contributed by atoms with van der Waals surface area (Å²) in [6, 6.07) is 13.9. The third kappa shape index (κ3) is 5.98. The Hall–Kier alpha value is -3.01. The lowest BCUT2D eigenvalue weighted by Crippen LogP contribution is -2.30. The molecule has 1 amide bonds. The van der Waals surface area contributed by atoms with Crippen molar-refractivity contribution in [2.75, 3.05) is 20.1 Å². The number of rotatable bonds is 10. The number of sulfonamides is 1. The average Bonchev–Trinajstić information content (AvgIpc) is 2.82. The molecule has 0 aliphatic rings. The highest BCUT2D eigenvalue weighted by Crippen LogP contribution is 2.23. The molecule has 1 heterocycles. The first kappa shape index (κ1) is 26.6. The fraction of sp³-hybridized carbons (Fsp3) is 0.385. The Bertz CT molecular complexity index is 1360. The fourth-order valence-corrected chi connectivity index (χ4v) is 5.38. The summed E-state index contributed by atoms with van der Waals surface area (Å²) < 4.78 is 27.4. The van der Waals surface area contributed by atoms with Gasteiger partial charge in [-0.1, -0.05) is 38.1 Å². The van der Waals surface area contributed by atoms with Gasteiger partial charge in [0.1, 0.15) is 0 Å². The van der Waals surface area contributed by atoms with Gasteiger partial charge in [-0.25, -0.2) is 8.42 Å². The van der Waals surface area contributed by atoms with Crippen molar-refractivity contribution in [3.05, 3.63) is 75.6 Å². The van der Waals surface area contributed by atoms with Crippen LogP contribution in [-0.4, -0.2) is 54.7 Å². The summed E-state index contributed by atoms with van der Waals surface area (Å²) >= 11 is 0. The number of aromatic amines is 1. The second-order valence-electron chi connectivity index (χ2n) is 8.80. The number of carbonyl (C=O) groups is 1. The molecular formula is C26H34N4O4S. The molecule has 0 aliphatic carbocycles. The fourth-order valence-electron chi connectivity index (χ4n) is 3.90. The number of aromatic nitrogens is 1. The van der Waals surface area contributed by atoms with Gasteiger partial charge in [0.05, 0.1) is 10.5 Å². The molecule has 0 aliphatic heterocycles. The van der Waals surface area contributed by atoms with Crippen molar-refractivity contribution in [3.63, 3.8) is 0 Å². The average molecular weight is 499 g/mol. The number of hydrogen-bond acceptors (Lipinski definition) is 5. The van der Waals surface area contributed by atoms with Gasteiger partial charge in [0.2, 0.25) is 15.6 Å². The number of amides is 1. The molecule has 0 saturated carbocycles. The standard InChI is InChI=1S/C26H34N4O4S/c1-6-30(7-2)35(33,34)21-12-13-24-22(14-21)23(15-25(31)28-24)26(32)27-16-19-10-8-9-11-20(19)17-29(5)18(3)4/h8-15,18H,6-7,16-17H2,1-5H3,(H,27,32)(H,28,31). The number of hydrogen-bond donors (Lipinski definition) is 2. The number of nitrogens with zero attached hydrogens (tertiary/aromatic N) is 2. The van der Waals surface area contributed by atoms with E-state index in [9.17, 15) is 18.0 Å². The highest BCUT2D eigenvalue weighted by molar-refractivity contribution is 7.89. The lowest BCUT2D eigenvalue weighted by atomic mass is 10.1. The molecule has 3 rings (SSSR count). The Morgan fingerprint density at radius 3 is 2.31 bits per heavy atom. The summed E-state index contributed by atoms with van der Waals surface area (Å²) in [6.45, 7) is 9.48. The third-order valence-electron chi connectivity index (χ3n) is 6.26. The maximum absolute atomic E-state index is 13.2. The first-order chi connectivity index (χ1) is 16.6. The summed E-state index contributed by atoms with van der Waals surface area (Å²) in [5.41, 5.74) is 2.19. The largest absolute Gasteiger partial charge is 0.348 e. The van der Waals surface area contributed by atoms with E-state index in [1.165, 1.54) is 28.6 Å². The van der Waals surface area contributed by atoms with Gasteiger partial charge in [0.25, 0.3) is 5.91 Å². The summed E-state index contributed by atoms with van der Waals surface area (Å²) in [7, 11) is -1.67. The molecule has 0 bridgehead atoms. The zero-order chi connectivity index (χ0) is 25.8. The topological polar surface area (TPSA) is 103 Å². The summed E-state index contributed by atoms with van der Waals surface area (Å²) in [5.74, 6) is -0.439. The molecule has 3 aromatic rings. The van der Waals surface area contributed by atoms with Gasteiger partial charge in [-0.05, 0) is 50.2 Å². The zero-order valence-electron chi connectivity index (χ0n) is 21.0. The predicted octanol–water partition coefficient (Wildman–Crippen LogP) is 3.33.